The lowest BCUT2D eigenvalue weighted by Gasteiger charge is -2.50. The van der Waals surface area contributed by atoms with Crippen molar-refractivity contribution in [2.45, 2.75) is 38.2 Å². The van der Waals surface area contributed by atoms with Gasteiger partial charge in [-0.25, -0.2) is 0 Å². The maximum absolute atomic E-state index is 12.4. The lowest BCUT2D eigenvalue weighted by atomic mass is 9.79. The van der Waals surface area contributed by atoms with Gasteiger partial charge in [-0.3, -0.25) is 9.88 Å². The summed E-state index contributed by atoms with van der Waals surface area (Å²) in [6, 6.07) is 10.5. The van der Waals surface area contributed by atoms with Crippen LogP contribution in [0.1, 0.15) is 19.8 Å². The summed E-state index contributed by atoms with van der Waals surface area (Å²) < 4.78 is 41.2. The highest BCUT2D eigenvalue weighted by Crippen LogP contribution is 2.34. The maximum atomic E-state index is 12.4. The number of rotatable bonds is 4. The monoisotopic (exact) mass is 377 g/mol. The molecule has 0 spiro atoms. The van der Waals surface area contributed by atoms with E-state index in [0.717, 1.165) is 5.69 Å². The molecule has 0 saturated carbocycles. The van der Waals surface area contributed by atoms with E-state index in [9.17, 15) is 13.2 Å². The van der Waals surface area contributed by atoms with Crippen molar-refractivity contribution < 1.29 is 17.9 Å². The van der Waals surface area contributed by atoms with Gasteiger partial charge < -0.3 is 10.1 Å². The molecule has 3 aliphatic heterocycles. The van der Waals surface area contributed by atoms with Crippen molar-refractivity contribution in [2.24, 2.45) is 5.92 Å². The fraction of sp³-hybridized carbons (Fsp3) is 0.450. The van der Waals surface area contributed by atoms with E-state index in [2.05, 4.69) is 26.9 Å². The zero-order valence-electron chi connectivity index (χ0n) is 15.0. The predicted octanol–water partition coefficient (Wildman–Crippen LogP) is 4.54. The standard InChI is InChI=1S/C20H22F3N3O/c1-13-19(14-7-9-26(13)10-8-14)25-16-5-6-18(24-12-16)15-3-2-4-17(11-15)27-20(21,22)23/h2-6,11-14,19,25H,7-10H2,1H3. The Morgan fingerprint density at radius 3 is 2.56 bits per heavy atom. The number of benzene rings is 1. The normalized spacial score (nSPS) is 27.4. The van der Waals surface area contributed by atoms with Crippen LogP contribution >= 0.6 is 0 Å². The number of hydrogen-bond donors (Lipinski definition) is 1. The Kier molecular flexibility index (Phi) is 4.72. The highest BCUT2D eigenvalue weighted by molar-refractivity contribution is 5.63. The minimum absolute atomic E-state index is 0.245. The van der Waals surface area contributed by atoms with Crippen molar-refractivity contribution in [3.05, 3.63) is 42.6 Å². The lowest BCUT2D eigenvalue weighted by molar-refractivity contribution is -0.274. The zero-order valence-corrected chi connectivity index (χ0v) is 15.0. The molecule has 0 amide bonds. The lowest BCUT2D eigenvalue weighted by Crippen LogP contribution is -2.59. The quantitative estimate of drug-likeness (QED) is 0.849. The summed E-state index contributed by atoms with van der Waals surface area (Å²) in [5.74, 6) is 0.436. The molecule has 3 aliphatic rings. The number of ether oxygens (including phenoxy) is 1. The van der Waals surface area contributed by atoms with E-state index in [1.54, 1.807) is 12.3 Å². The minimum atomic E-state index is -4.70. The topological polar surface area (TPSA) is 37.4 Å². The summed E-state index contributed by atoms with van der Waals surface area (Å²) in [6.45, 7) is 4.62. The molecule has 2 unspecified atom stereocenters. The van der Waals surface area contributed by atoms with Crippen molar-refractivity contribution in [1.82, 2.24) is 9.88 Å². The van der Waals surface area contributed by atoms with Gasteiger partial charge in [0.2, 0.25) is 0 Å². The van der Waals surface area contributed by atoms with Crippen LogP contribution in [-0.2, 0) is 0 Å². The first-order valence-electron chi connectivity index (χ1n) is 9.22. The second-order valence-corrected chi connectivity index (χ2v) is 7.29. The summed E-state index contributed by atoms with van der Waals surface area (Å²) in [7, 11) is 0. The van der Waals surface area contributed by atoms with E-state index in [1.165, 1.54) is 44.1 Å². The molecule has 27 heavy (non-hydrogen) atoms. The Labute approximate surface area is 156 Å². The molecule has 1 N–H and O–H groups in total. The third kappa shape index (κ3) is 4.03. The molecule has 2 atom stereocenters. The fourth-order valence-corrected chi connectivity index (χ4v) is 4.24. The molecule has 0 aliphatic carbocycles. The maximum Gasteiger partial charge on any atom is 0.573 e. The number of alkyl halides is 3. The van der Waals surface area contributed by atoms with Crippen molar-refractivity contribution >= 4 is 5.69 Å². The molecule has 3 saturated heterocycles. The largest absolute Gasteiger partial charge is 0.573 e. The third-order valence-corrected chi connectivity index (χ3v) is 5.64. The van der Waals surface area contributed by atoms with Crippen LogP contribution in [0.3, 0.4) is 0 Å². The van der Waals surface area contributed by atoms with Crippen molar-refractivity contribution in [2.75, 3.05) is 18.4 Å². The Balaban J connectivity index is 1.47. The number of fused-ring (bicyclic) bond motifs is 3. The Hall–Kier alpha value is -2.28. The molecule has 5 rings (SSSR count). The Bertz CT molecular complexity index is 784. The van der Waals surface area contributed by atoms with E-state index in [-0.39, 0.29) is 5.75 Å². The number of nitrogens with one attached hydrogen (secondary N) is 1. The van der Waals surface area contributed by atoms with Gasteiger partial charge in [0.1, 0.15) is 5.75 Å². The van der Waals surface area contributed by atoms with Crippen LogP contribution in [0.4, 0.5) is 18.9 Å². The van der Waals surface area contributed by atoms with Crippen molar-refractivity contribution in [3.8, 4) is 17.0 Å². The van der Waals surface area contributed by atoms with E-state index in [1.807, 2.05) is 12.1 Å². The minimum Gasteiger partial charge on any atom is -0.406 e. The average Bonchev–Trinajstić information content (AvgIpc) is 2.64. The number of pyridine rings is 1. The van der Waals surface area contributed by atoms with Gasteiger partial charge in [-0.1, -0.05) is 12.1 Å². The van der Waals surface area contributed by atoms with Crippen LogP contribution in [0.25, 0.3) is 11.3 Å². The molecule has 2 aromatic rings. The van der Waals surface area contributed by atoms with Gasteiger partial charge in [0, 0.05) is 17.6 Å². The second-order valence-electron chi connectivity index (χ2n) is 7.29. The van der Waals surface area contributed by atoms with Gasteiger partial charge >= 0.3 is 6.36 Å². The molecule has 4 nitrogen and oxygen atoms in total. The van der Waals surface area contributed by atoms with Gasteiger partial charge in [-0.15, -0.1) is 13.2 Å². The van der Waals surface area contributed by atoms with Crippen molar-refractivity contribution in [1.29, 1.82) is 0 Å². The van der Waals surface area contributed by atoms with E-state index in [4.69, 9.17) is 0 Å². The Morgan fingerprint density at radius 1 is 1.15 bits per heavy atom. The first kappa shape index (κ1) is 18.1. The zero-order chi connectivity index (χ0) is 19.0. The predicted molar refractivity (Wildman–Crippen MR) is 97.5 cm³/mol. The molecule has 4 heterocycles. The summed E-state index contributed by atoms with van der Waals surface area (Å²) in [6.07, 6.45) is -0.512. The number of anilines is 1. The third-order valence-electron chi connectivity index (χ3n) is 5.64. The van der Waals surface area contributed by atoms with Gasteiger partial charge in [-0.05, 0) is 63.0 Å². The number of halogens is 3. The highest BCUT2D eigenvalue weighted by Gasteiger charge is 2.39. The van der Waals surface area contributed by atoms with Crippen LogP contribution in [0.15, 0.2) is 42.6 Å². The molecule has 3 fully saturated rings. The molecule has 144 valence electrons. The van der Waals surface area contributed by atoms with Crippen LogP contribution < -0.4 is 10.1 Å². The first-order chi connectivity index (χ1) is 12.9. The number of aromatic nitrogens is 1. The molecule has 0 radical (unpaired) electrons. The summed E-state index contributed by atoms with van der Waals surface area (Å²) in [5, 5.41) is 3.61. The summed E-state index contributed by atoms with van der Waals surface area (Å²) >= 11 is 0. The van der Waals surface area contributed by atoms with Crippen LogP contribution in [-0.4, -0.2) is 41.4 Å². The summed E-state index contributed by atoms with van der Waals surface area (Å²) in [5.41, 5.74) is 2.13. The van der Waals surface area contributed by atoms with Gasteiger partial charge in [0.05, 0.1) is 17.6 Å². The smallest absolute Gasteiger partial charge is 0.406 e. The summed E-state index contributed by atoms with van der Waals surface area (Å²) in [4.78, 5) is 6.95. The molecular weight excluding hydrogens is 355 g/mol. The van der Waals surface area contributed by atoms with Crippen LogP contribution in [0, 0.1) is 5.92 Å². The molecule has 1 aromatic carbocycles. The van der Waals surface area contributed by atoms with E-state index in [0.29, 0.717) is 29.3 Å². The fourth-order valence-electron chi connectivity index (χ4n) is 4.24. The van der Waals surface area contributed by atoms with Crippen LogP contribution in [0.5, 0.6) is 5.75 Å². The van der Waals surface area contributed by atoms with Crippen LogP contribution in [0.2, 0.25) is 0 Å². The van der Waals surface area contributed by atoms with E-state index >= 15 is 0 Å². The first-order valence-corrected chi connectivity index (χ1v) is 9.22. The van der Waals surface area contributed by atoms with Gasteiger partial charge in [0.15, 0.2) is 0 Å². The average molecular weight is 377 g/mol. The number of nitrogens with zero attached hydrogens (tertiary/aromatic N) is 2. The molecule has 2 bridgehead atoms. The van der Waals surface area contributed by atoms with E-state index < -0.39 is 6.36 Å². The molecule has 7 heteroatoms. The second kappa shape index (κ2) is 7.03. The van der Waals surface area contributed by atoms with Gasteiger partial charge in [0.25, 0.3) is 0 Å². The molecular formula is C20H22F3N3O. The van der Waals surface area contributed by atoms with Gasteiger partial charge in [-0.2, -0.15) is 0 Å². The number of piperidine rings is 3. The highest BCUT2D eigenvalue weighted by atomic mass is 19.4. The Morgan fingerprint density at radius 2 is 1.93 bits per heavy atom. The molecule has 1 aromatic heterocycles. The van der Waals surface area contributed by atoms with Crippen molar-refractivity contribution in [3.63, 3.8) is 0 Å². The number of hydrogen-bond acceptors (Lipinski definition) is 4. The SMILES string of the molecule is CC1C(Nc2ccc(-c3cccc(OC(F)(F)F)c3)nc2)C2CCN1CC2.